The molecule has 4 atom stereocenters. The maximum absolute atomic E-state index is 11.0. The lowest BCUT2D eigenvalue weighted by Crippen LogP contribution is -2.41. The van der Waals surface area contributed by atoms with Crippen LogP contribution in [0, 0.1) is 0 Å². The van der Waals surface area contributed by atoms with Gasteiger partial charge in [-0.25, -0.2) is 0 Å². The summed E-state index contributed by atoms with van der Waals surface area (Å²) in [6, 6.07) is 3.29. The summed E-state index contributed by atoms with van der Waals surface area (Å²) in [6.45, 7) is 3.30. The van der Waals surface area contributed by atoms with Crippen LogP contribution in [0.4, 0.5) is 0 Å². The van der Waals surface area contributed by atoms with Gasteiger partial charge < -0.3 is 29.8 Å². The van der Waals surface area contributed by atoms with Crippen LogP contribution in [0.5, 0.6) is 0 Å². The number of aromatic nitrogens is 1. The maximum Gasteiger partial charge on any atom is 0.303 e. The first-order valence-corrected chi connectivity index (χ1v) is 8.13. The van der Waals surface area contributed by atoms with Crippen molar-refractivity contribution in [3.63, 3.8) is 0 Å². The lowest BCUT2D eigenvalue weighted by atomic mass is 10.1. The minimum absolute atomic E-state index is 0.220. The van der Waals surface area contributed by atoms with Crippen molar-refractivity contribution in [3.05, 3.63) is 30.1 Å². The molecule has 1 aromatic rings. The van der Waals surface area contributed by atoms with E-state index in [0.29, 0.717) is 5.56 Å². The van der Waals surface area contributed by atoms with E-state index >= 15 is 0 Å². The summed E-state index contributed by atoms with van der Waals surface area (Å²) in [5, 5.41) is 9.63. The molecule has 1 fully saturated rings. The molecule has 11 nitrogen and oxygen atoms in total. The Hall–Kier alpha value is -3.05. The number of nitrogens with two attached hydrogens (primary N) is 1. The number of ether oxygens (including phenoxy) is 4. The fourth-order valence-electron chi connectivity index (χ4n) is 2.20. The summed E-state index contributed by atoms with van der Waals surface area (Å²) in [4.78, 5) is 46.8. The zero-order valence-electron chi connectivity index (χ0n) is 15.6. The van der Waals surface area contributed by atoms with Crippen LogP contribution in [0.3, 0.4) is 0 Å². The van der Waals surface area contributed by atoms with E-state index in [9.17, 15) is 24.3 Å². The number of rotatable bonds is 5. The number of hydrogen-bond acceptors (Lipinski definition) is 10. The van der Waals surface area contributed by atoms with Crippen molar-refractivity contribution in [1.29, 1.82) is 0 Å². The average Bonchev–Trinajstić information content (AvgIpc) is 2.89. The Balaban J connectivity index is 0.000000362. The molecule has 1 aromatic heterocycles. The molecule has 0 bridgehead atoms. The van der Waals surface area contributed by atoms with E-state index in [1.807, 2.05) is 0 Å². The Morgan fingerprint density at radius 1 is 1.11 bits per heavy atom. The zero-order chi connectivity index (χ0) is 21.3. The van der Waals surface area contributed by atoms with Gasteiger partial charge >= 0.3 is 17.9 Å². The number of aliphatic hydroxyl groups is 1. The van der Waals surface area contributed by atoms with Gasteiger partial charge in [-0.1, -0.05) is 0 Å². The molecule has 0 saturated carbocycles. The Morgan fingerprint density at radius 3 is 2.14 bits per heavy atom. The minimum atomic E-state index is -1.45. The summed E-state index contributed by atoms with van der Waals surface area (Å²) in [5.74, 6) is -2.27. The van der Waals surface area contributed by atoms with Crippen molar-refractivity contribution in [1.82, 2.24) is 4.98 Å². The number of amides is 1. The maximum atomic E-state index is 11.0. The second-order valence-corrected chi connectivity index (χ2v) is 5.62. The van der Waals surface area contributed by atoms with E-state index in [0.717, 1.165) is 6.92 Å². The Morgan fingerprint density at radius 2 is 1.71 bits per heavy atom. The molecule has 1 saturated heterocycles. The predicted octanol–water partition coefficient (Wildman–Crippen LogP) is -0.689. The van der Waals surface area contributed by atoms with Crippen molar-refractivity contribution in [2.24, 2.45) is 5.73 Å². The van der Waals surface area contributed by atoms with Crippen LogP contribution in [-0.2, 0) is 33.3 Å². The molecule has 0 spiro atoms. The lowest BCUT2D eigenvalue weighted by molar-refractivity contribution is -0.174. The summed E-state index contributed by atoms with van der Waals surface area (Å²) >= 11 is 0. The van der Waals surface area contributed by atoms with Gasteiger partial charge in [0.15, 0.2) is 18.5 Å². The van der Waals surface area contributed by atoms with Gasteiger partial charge in [0, 0.05) is 33.2 Å². The van der Waals surface area contributed by atoms with Crippen molar-refractivity contribution in [3.8, 4) is 0 Å². The highest BCUT2D eigenvalue weighted by Gasteiger charge is 2.49. The Bertz CT molecular complexity index is 695. The third-order valence-corrected chi connectivity index (χ3v) is 3.29. The lowest BCUT2D eigenvalue weighted by Gasteiger charge is -2.21. The normalized spacial score (nSPS) is 23.0. The van der Waals surface area contributed by atoms with Crippen LogP contribution in [-0.4, -0.2) is 65.1 Å². The van der Waals surface area contributed by atoms with E-state index in [1.165, 1.54) is 20.0 Å². The molecule has 0 aliphatic carbocycles. The molecule has 1 unspecified atom stereocenters. The molecule has 0 radical (unpaired) electrons. The van der Waals surface area contributed by atoms with Gasteiger partial charge in [0.25, 0.3) is 0 Å². The van der Waals surface area contributed by atoms with Crippen LogP contribution in [0.15, 0.2) is 24.5 Å². The van der Waals surface area contributed by atoms with Crippen LogP contribution in [0.1, 0.15) is 31.1 Å². The second-order valence-electron chi connectivity index (χ2n) is 5.62. The third-order valence-electron chi connectivity index (χ3n) is 3.29. The molecule has 11 heteroatoms. The van der Waals surface area contributed by atoms with Crippen molar-refractivity contribution in [2.45, 2.75) is 45.4 Å². The molecule has 1 aliphatic heterocycles. The van der Waals surface area contributed by atoms with Gasteiger partial charge in [-0.05, 0) is 12.1 Å². The van der Waals surface area contributed by atoms with Gasteiger partial charge in [0.05, 0.1) is 5.56 Å². The topological polar surface area (TPSA) is 164 Å². The molecule has 3 N–H and O–H groups in total. The van der Waals surface area contributed by atoms with Gasteiger partial charge in [-0.2, -0.15) is 0 Å². The third kappa shape index (κ3) is 7.68. The number of esters is 3. The van der Waals surface area contributed by atoms with Crippen molar-refractivity contribution < 1.29 is 43.2 Å². The second kappa shape index (κ2) is 10.9. The Kier molecular flexibility index (Phi) is 8.99. The number of aliphatic hydroxyl groups excluding tert-OH is 1. The van der Waals surface area contributed by atoms with Gasteiger partial charge in [0.1, 0.15) is 12.7 Å². The predicted molar refractivity (Wildman–Crippen MR) is 91.4 cm³/mol. The highest BCUT2D eigenvalue weighted by Crippen LogP contribution is 2.26. The molecule has 28 heavy (non-hydrogen) atoms. The van der Waals surface area contributed by atoms with Crippen LogP contribution in [0.2, 0.25) is 0 Å². The van der Waals surface area contributed by atoms with Crippen LogP contribution >= 0.6 is 0 Å². The Labute approximate surface area is 160 Å². The summed E-state index contributed by atoms with van der Waals surface area (Å²) in [6.07, 6.45) is -1.51. The molecule has 1 amide bonds. The monoisotopic (exact) mass is 398 g/mol. The molecule has 154 valence electrons. The zero-order valence-corrected chi connectivity index (χ0v) is 15.6. The van der Waals surface area contributed by atoms with Crippen molar-refractivity contribution >= 4 is 23.8 Å². The number of hydrogen-bond donors (Lipinski definition) is 2. The fourth-order valence-corrected chi connectivity index (χ4v) is 2.20. The first-order chi connectivity index (χ1) is 13.1. The summed E-state index contributed by atoms with van der Waals surface area (Å²) in [7, 11) is 0. The van der Waals surface area contributed by atoms with E-state index in [-0.39, 0.29) is 6.61 Å². The number of nitrogens with zero attached hydrogens (tertiary/aromatic N) is 1. The quantitative estimate of drug-likeness (QED) is 0.479. The molecular formula is C17H22N2O9. The molecule has 1 aliphatic rings. The molecule has 2 rings (SSSR count). The molecule has 0 aromatic carbocycles. The van der Waals surface area contributed by atoms with E-state index in [1.54, 1.807) is 18.3 Å². The molecule has 2 heterocycles. The van der Waals surface area contributed by atoms with Gasteiger partial charge in [-0.15, -0.1) is 0 Å². The number of carbonyl (C=O) groups is 4. The standard InChI is InChI=1S/C11H16O8.C6H6N2O/c1-5(12)16-4-8-9(17-6(2)13)10(11(15)19-8)18-7(3)14;7-6(9)5-2-1-3-8-4-5/h8-11,15H,4H2,1-3H3;1-4H,(H2,7,9)/t8-,9-,10-,11?;/m1./s1. The van der Waals surface area contributed by atoms with Gasteiger partial charge in [-0.3, -0.25) is 24.2 Å². The minimum Gasteiger partial charge on any atom is -0.463 e. The van der Waals surface area contributed by atoms with Crippen LogP contribution < -0.4 is 5.73 Å². The largest absolute Gasteiger partial charge is 0.463 e. The highest BCUT2D eigenvalue weighted by atomic mass is 16.7. The fraction of sp³-hybridized carbons (Fsp3) is 0.471. The van der Waals surface area contributed by atoms with Crippen LogP contribution in [0.25, 0.3) is 0 Å². The average molecular weight is 398 g/mol. The smallest absolute Gasteiger partial charge is 0.303 e. The SMILES string of the molecule is CC(=O)OC[C@H]1OC(O)[C@H](OC(C)=O)[C@@H]1OC(C)=O.NC(=O)c1cccnc1. The van der Waals surface area contributed by atoms with E-state index in [2.05, 4.69) is 4.98 Å². The molecular weight excluding hydrogens is 376 g/mol. The number of pyridine rings is 1. The first kappa shape index (κ1) is 23.0. The highest BCUT2D eigenvalue weighted by molar-refractivity contribution is 5.92. The van der Waals surface area contributed by atoms with E-state index in [4.69, 9.17) is 24.7 Å². The number of primary amides is 1. The van der Waals surface area contributed by atoms with E-state index < -0.39 is 48.4 Å². The van der Waals surface area contributed by atoms with Gasteiger partial charge in [0.2, 0.25) is 5.91 Å². The first-order valence-electron chi connectivity index (χ1n) is 8.13. The summed E-state index contributed by atoms with van der Waals surface area (Å²) < 4.78 is 19.6. The summed E-state index contributed by atoms with van der Waals surface area (Å²) in [5.41, 5.74) is 5.38. The number of carbonyl (C=O) groups excluding carboxylic acids is 4. The van der Waals surface area contributed by atoms with Crippen molar-refractivity contribution in [2.75, 3.05) is 6.61 Å².